The van der Waals surface area contributed by atoms with Crippen molar-refractivity contribution in [2.45, 2.75) is 51.2 Å². The number of guanidine groups is 1. The fourth-order valence-corrected chi connectivity index (χ4v) is 4.74. The number of likely N-dealkylation sites (N-methyl/N-ethyl adjacent to an activating group) is 3. The number of aliphatic imine (C=N–C) groups is 1. The lowest BCUT2D eigenvalue weighted by Crippen LogP contribution is -2.51. The first-order valence-electron chi connectivity index (χ1n) is 12.2. The highest BCUT2D eigenvalue weighted by Crippen LogP contribution is 2.18. The number of amides is 1. The van der Waals surface area contributed by atoms with Crippen LogP contribution in [-0.2, 0) is 11.3 Å². The number of hydrogen-bond acceptors (Lipinski definition) is 4. The number of nitrogens with one attached hydrogen (secondary N) is 1. The molecular formula is C25H42N6O. The molecule has 3 rings (SSSR count). The molecule has 7 heteroatoms. The lowest BCUT2D eigenvalue weighted by atomic mass is 10.0. The van der Waals surface area contributed by atoms with Crippen molar-refractivity contribution in [3.8, 4) is 0 Å². The first kappa shape index (κ1) is 24.5. The first-order chi connectivity index (χ1) is 15.5. The van der Waals surface area contributed by atoms with Crippen LogP contribution in [0.1, 0.15) is 38.2 Å². The Kier molecular flexibility index (Phi) is 9.36. The monoisotopic (exact) mass is 442 g/mol. The van der Waals surface area contributed by atoms with Crippen molar-refractivity contribution < 1.29 is 4.79 Å². The summed E-state index contributed by atoms with van der Waals surface area (Å²) < 4.78 is 0. The molecule has 1 aromatic carbocycles. The zero-order valence-electron chi connectivity index (χ0n) is 20.5. The Morgan fingerprint density at radius 2 is 1.81 bits per heavy atom. The van der Waals surface area contributed by atoms with Gasteiger partial charge in [-0.05, 0) is 44.3 Å². The molecule has 0 aromatic heterocycles. The number of benzene rings is 1. The third-order valence-electron chi connectivity index (χ3n) is 6.78. The number of rotatable bonds is 8. The maximum atomic E-state index is 12.2. The molecule has 2 saturated heterocycles. The highest BCUT2D eigenvalue weighted by molar-refractivity contribution is 5.85. The summed E-state index contributed by atoms with van der Waals surface area (Å²) in [6.07, 6.45) is 4.68. The summed E-state index contributed by atoms with van der Waals surface area (Å²) in [5.74, 6) is 0.899. The molecule has 1 N–H and O–H groups in total. The van der Waals surface area contributed by atoms with Gasteiger partial charge in [-0.3, -0.25) is 14.6 Å². The molecular weight excluding hydrogens is 400 g/mol. The predicted molar refractivity (Wildman–Crippen MR) is 132 cm³/mol. The lowest BCUT2D eigenvalue weighted by molar-refractivity contribution is -0.127. The van der Waals surface area contributed by atoms with E-state index in [0.29, 0.717) is 12.1 Å². The Morgan fingerprint density at radius 1 is 1.09 bits per heavy atom. The molecule has 2 aliphatic heterocycles. The van der Waals surface area contributed by atoms with E-state index in [0.717, 1.165) is 51.5 Å². The number of likely N-dealkylation sites (tertiary alicyclic amines) is 2. The third-order valence-corrected chi connectivity index (χ3v) is 6.78. The Labute approximate surface area is 194 Å². The third kappa shape index (κ3) is 7.20. The molecule has 7 nitrogen and oxygen atoms in total. The van der Waals surface area contributed by atoms with Crippen molar-refractivity contribution in [1.29, 1.82) is 0 Å². The highest BCUT2D eigenvalue weighted by Gasteiger charge is 2.27. The molecule has 2 fully saturated rings. The van der Waals surface area contributed by atoms with Gasteiger partial charge in [0.05, 0.1) is 0 Å². The normalized spacial score (nSPS) is 21.0. The Balaban J connectivity index is 1.57. The molecule has 0 radical (unpaired) electrons. The molecule has 1 atom stereocenters. The molecule has 0 saturated carbocycles. The summed E-state index contributed by atoms with van der Waals surface area (Å²) in [6, 6.07) is 11.7. The van der Waals surface area contributed by atoms with E-state index in [1.165, 1.54) is 24.9 Å². The number of hydrogen-bond donors (Lipinski definition) is 1. The van der Waals surface area contributed by atoms with Crippen molar-refractivity contribution >= 4 is 11.9 Å². The van der Waals surface area contributed by atoms with Crippen LogP contribution < -0.4 is 5.32 Å². The minimum atomic E-state index is 0.0337. The van der Waals surface area contributed by atoms with Gasteiger partial charge in [-0.1, -0.05) is 37.3 Å². The van der Waals surface area contributed by atoms with E-state index in [4.69, 9.17) is 4.99 Å². The van der Waals surface area contributed by atoms with E-state index in [9.17, 15) is 4.79 Å². The molecule has 2 aliphatic rings. The van der Waals surface area contributed by atoms with E-state index in [1.54, 1.807) is 19.0 Å². The molecule has 0 aliphatic carbocycles. The van der Waals surface area contributed by atoms with Gasteiger partial charge in [0, 0.05) is 59.4 Å². The van der Waals surface area contributed by atoms with E-state index >= 15 is 0 Å². The summed E-state index contributed by atoms with van der Waals surface area (Å²) in [5, 5.41) is 3.70. The highest BCUT2D eigenvalue weighted by atomic mass is 16.2. The number of nitrogens with zero attached hydrogens (tertiary/aromatic N) is 5. The molecule has 1 amide bonds. The van der Waals surface area contributed by atoms with Gasteiger partial charge in [0.15, 0.2) is 5.96 Å². The van der Waals surface area contributed by atoms with Crippen LogP contribution in [0.15, 0.2) is 35.3 Å². The van der Waals surface area contributed by atoms with Crippen LogP contribution in [0, 0.1) is 0 Å². The molecule has 1 unspecified atom stereocenters. The van der Waals surface area contributed by atoms with Crippen LogP contribution in [0.5, 0.6) is 0 Å². The van der Waals surface area contributed by atoms with Crippen LogP contribution in [0.4, 0.5) is 0 Å². The average molecular weight is 443 g/mol. The van der Waals surface area contributed by atoms with E-state index in [1.807, 2.05) is 0 Å². The van der Waals surface area contributed by atoms with E-state index < -0.39 is 0 Å². The smallest absolute Gasteiger partial charge is 0.243 e. The fourth-order valence-electron chi connectivity index (χ4n) is 4.74. The summed E-state index contributed by atoms with van der Waals surface area (Å²) in [6.45, 7) is 8.83. The van der Waals surface area contributed by atoms with Gasteiger partial charge < -0.3 is 15.1 Å². The standard InChI is InChI=1S/C25H42N6O/c1-5-31-15-9-12-23(31)20-29(4)25(26-18-24(32)28(2)3)27-22-13-16-30(17-14-22)19-21-10-7-6-8-11-21/h6-8,10-11,22-23H,5,9,12-20H2,1-4H3,(H,26,27). The Bertz CT molecular complexity index is 729. The molecule has 2 heterocycles. The summed E-state index contributed by atoms with van der Waals surface area (Å²) in [7, 11) is 5.69. The van der Waals surface area contributed by atoms with Crippen molar-refractivity contribution in [2.75, 3.05) is 60.4 Å². The second kappa shape index (κ2) is 12.2. The average Bonchev–Trinajstić information content (AvgIpc) is 3.25. The van der Waals surface area contributed by atoms with Gasteiger partial charge in [0.25, 0.3) is 0 Å². The summed E-state index contributed by atoms with van der Waals surface area (Å²) >= 11 is 0. The van der Waals surface area contributed by atoms with Crippen molar-refractivity contribution in [3.63, 3.8) is 0 Å². The van der Waals surface area contributed by atoms with E-state index in [2.05, 4.69) is 64.3 Å². The van der Waals surface area contributed by atoms with Gasteiger partial charge in [0.2, 0.25) is 5.91 Å². The van der Waals surface area contributed by atoms with Gasteiger partial charge in [-0.15, -0.1) is 0 Å². The maximum absolute atomic E-state index is 12.2. The Hall–Kier alpha value is -2.12. The second-order valence-corrected chi connectivity index (χ2v) is 9.41. The van der Waals surface area contributed by atoms with Crippen molar-refractivity contribution in [1.82, 2.24) is 24.9 Å². The topological polar surface area (TPSA) is 54.4 Å². The van der Waals surface area contributed by atoms with Gasteiger partial charge in [0.1, 0.15) is 6.54 Å². The minimum Gasteiger partial charge on any atom is -0.353 e. The summed E-state index contributed by atoms with van der Waals surface area (Å²) in [4.78, 5) is 25.8. The first-order valence-corrected chi connectivity index (χ1v) is 12.2. The minimum absolute atomic E-state index is 0.0337. The van der Waals surface area contributed by atoms with Crippen LogP contribution in [0.25, 0.3) is 0 Å². The van der Waals surface area contributed by atoms with Crippen LogP contribution in [0.3, 0.4) is 0 Å². The molecule has 0 spiro atoms. The molecule has 0 bridgehead atoms. The number of carbonyl (C=O) groups is 1. The van der Waals surface area contributed by atoms with Gasteiger partial charge >= 0.3 is 0 Å². The zero-order chi connectivity index (χ0) is 22.9. The zero-order valence-corrected chi connectivity index (χ0v) is 20.5. The quantitative estimate of drug-likeness (QED) is 0.494. The fraction of sp³-hybridized carbons (Fsp3) is 0.680. The van der Waals surface area contributed by atoms with Gasteiger partial charge in [-0.2, -0.15) is 0 Å². The van der Waals surface area contributed by atoms with Crippen LogP contribution in [0.2, 0.25) is 0 Å². The van der Waals surface area contributed by atoms with E-state index in [-0.39, 0.29) is 12.5 Å². The Morgan fingerprint density at radius 3 is 2.47 bits per heavy atom. The van der Waals surface area contributed by atoms with Crippen LogP contribution in [-0.4, -0.2) is 104 Å². The second-order valence-electron chi connectivity index (χ2n) is 9.41. The number of piperidine rings is 1. The molecule has 32 heavy (non-hydrogen) atoms. The maximum Gasteiger partial charge on any atom is 0.243 e. The van der Waals surface area contributed by atoms with Crippen molar-refractivity contribution in [3.05, 3.63) is 35.9 Å². The predicted octanol–water partition coefficient (Wildman–Crippen LogP) is 2.10. The van der Waals surface area contributed by atoms with Gasteiger partial charge in [-0.25, -0.2) is 4.99 Å². The summed E-state index contributed by atoms with van der Waals surface area (Å²) in [5.41, 5.74) is 1.38. The van der Waals surface area contributed by atoms with Crippen LogP contribution >= 0.6 is 0 Å². The van der Waals surface area contributed by atoms with Crippen molar-refractivity contribution in [2.24, 2.45) is 4.99 Å². The molecule has 1 aromatic rings. The lowest BCUT2D eigenvalue weighted by Gasteiger charge is -2.35. The number of carbonyl (C=O) groups excluding carboxylic acids is 1. The SMILES string of the molecule is CCN1CCCC1CN(C)C(=NCC(=O)N(C)C)NC1CCN(Cc2ccccc2)CC1. The largest absolute Gasteiger partial charge is 0.353 e. The molecule has 178 valence electrons.